The van der Waals surface area contributed by atoms with Gasteiger partial charge in [-0.1, -0.05) is 6.07 Å². The number of thiophene rings is 1. The van der Waals surface area contributed by atoms with Crippen LogP contribution in [-0.4, -0.2) is 20.2 Å². The zero-order valence-corrected chi connectivity index (χ0v) is 11.1. The topological polar surface area (TPSA) is 80.5 Å². The van der Waals surface area contributed by atoms with Crippen LogP contribution < -0.4 is 5.73 Å². The third-order valence-corrected chi connectivity index (χ3v) is 4.01. The van der Waals surface area contributed by atoms with Gasteiger partial charge in [-0.15, -0.1) is 22.7 Å². The van der Waals surface area contributed by atoms with Gasteiger partial charge in [-0.05, 0) is 11.4 Å². The van der Waals surface area contributed by atoms with Crippen molar-refractivity contribution in [3.05, 3.63) is 45.1 Å². The second kappa shape index (κ2) is 4.87. The molecule has 92 valence electrons. The van der Waals surface area contributed by atoms with Gasteiger partial charge in [0, 0.05) is 16.7 Å². The number of H-pyrrole nitrogens is 1. The summed E-state index contributed by atoms with van der Waals surface area (Å²) in [5.74, 6) is 1.64. The van der Waals surface area contributed by atoms with Crippen molar-refractivity contribution in [1.29, 1.82) is 0 Å². The number of nitrogens with one attached hydrogen (secondary N) is 1. The first-order valence-electron chi connectivity index (χ1n) is 5.42. The Morgan fingerprint density at radius 2 is 2.17 bits per heavy atom. The minimum Gasteiger partial charge on any atom is -0.375 e. The van der Waals surface area contributed by atoms with Crippen LogP contribution in [0.3, 0.4) is 0 Å². The molecule has 7 heteroatoms. The SMILES string of the molecule is Nc1nc(Cc2nc(Cc3cccs3)n[nH]2)cs1. The van der Waals surface area contributed by atoms with Gasteiger partial charge in [0.2, 0.25) is 0 Å². The van der Waals surface area contributed by atoms with E-state index in [4.69, 9.17) is 5.73 Å². The standard InChI is InChI=1S/C11H11N5S2/c12-11-13-7(6-18-11)4-9-14-10(16-15-9)5-8-2-1-3-17-8/h1-3,6H,4-5H2,(H2,12,13)(H,14,15,16). The van der Waals surface area contributed by atoms with Gasteiger partial charge in [-0.3, -0.25) is 5.10 Å². The number of nitrogen functional groups attached to an aromatic ring is 1. The molecule has 0 aliphatic heterocycles. The Morgan fingerprint density at radius 3 is 2.89 bits per heavy atom. The zero-order chi connectivity index (χ0) is 12.4. The van der Waals surface area contributed by atoms with Gasteiger partial charge in [0.25, 0.3) is 0 Å². The molecule has 3 heterocycles. The van der Waals surface area contributed by atoms with Gasteiger partial charge < -0.3 is 5.73 Å². The van der Waals surface area contributed by atoms with E-state index in [1.54, 1.807) is 11.3 Å². The van der Waals surface area contributed by atoms with Crippen LogP contribution >= 0.6 is 22.7 Å². The lowest BCUT2D eigenvalue weighted by Crippen LogP contribution is -1.93. The molecule has 3 rings (SSSR count). The molecule has 0 spiro atoms. The molecule has 3 aromatic rings. The highest BCUT2D eigenvalue weighted by Crippen LogP contribution is 2.15. The maximum absolute atomic E-state index is 5.59. The van der Waals surface area contributed by atoms with Crippen LogP contribution in [0.15, 0.2) is 22.9 Å². The van der Waals surface area contributed by atoms with Crippen LogP contribution in [0.2, 0.25) is 0 Å². The highest BCUT2D eigenvalue weighted by Gasteiger charge is 2.07. The Hall–Kier alpha value is -1.73. The Labute approximate surface area is 112 Å². The summed E-state index contributed by atoms with van der Waals surface area (Å²) in [5.41, 5.74) is 6.52. The number of nitrogens with zero attached hydrogens (tertiary/aromatic N) is 3. The molecule has 0 radical (unpaired) electrons. The molecule has 18 heavy (non-hydrogen) atoms. The van der Waals surface area contributed by atoms with Crippen LogP contribution in [0.1, 0.15) is 22.2 Å². The fraction of sp³-hybridized carbons (Fsp3) is 0.182. The van der Waals surface area contributed by atoms with Crippen molar-refractivity contribution in [2.75, 3.05) is 5.73 Å². The molecular weight excluding hydrogens is 266 g/mol. The molecule has 0 aromatic carbocycles. The Bertz CT molecular complexity index is 625. The summed E-state index contributed by atoms with van der Waals surface area (Å²) in [6.07, 6.45) is 1.42. The smallest absolute Gasteiger partial charge is 0.180 e. The maximum Gasteiger partial charge on any atom is 0.180 e. The number of anilines is 1. The molecular formula is C11H11N5S2. The predicted octanol–water partition coefficient (Wildman–Crippen LogP) is 2.09. The fourth-order valence-corrected chi connectivity index (χ4v) is 2.90. The lowest BCUT2D eigenvalue weighted by molar-refractivity contribution is 0.948. The summed E-state index contributed by atoms with van der Waals surface area (Å²) in [5, 5.41) is 11.7. The molecule has 3 aromatic heterocycles. The normalized spacial score (nSPS) is 10.9. The monoisotopic (exact) mass is 277 g/mol. The molecule has 0 aliphatic rings. The Balaban J connectivity index is 1.69. The average Bonchev–Trinajstić information content (AvgIpc) is 3.04. The van der Waals surface area contributed by atoms with E-state index in [9.17, 15) is 0 Å². The molecule has 0 saturated carbocycles. The van der Waals surface area contributed by atoms with E-state index in [1.165, 1.54) is 16.2 Å². The van der Waals surface area contributed by atoms with Gasteiger partial charge >= 0.3 is 0 Å². The highest BCUT2D eigenvalue weighted by molar-refractivity contribution is 7.13. The van der Waals surface area contributed by atoms with Crippen molar-refractivity contribution >= 4 is 27.8 Å². The van der Waals surface area contributed by atoms with Crippen LogP contribution in [0.5, 0.6) is 0 Å². The van der Waals surface area contributed by atoms with Crippen LogP contribution in [-0.2, 0) is 12.8 Å². The minimum atomic E-state index is 0.586. The van der Waals surface area contributed by atoms with E-state index >= 15 is 0 Å². The number of aromatic nitrogens is 4. The average molecular weight is 277 g/mol. The van der Waals surface area contributed by atoms with E-state index in [2.05, 4.69) is 31.6 Å². The first-order valence-corrected chi connectivity index (χ1v) is 7.18. The first-order chi connectivity index (χ1) is 8.79. The van der Waals surface area contributed by atoms with Gasteiger partial charge in [-0.25, -0.2) is 9.97 Å². The third kappa shape index (κ3) is 2.57. The molecule has 0 unspecified atom stereocenters. The second-order valence-electron chi connectivity index (χ2n) is 3.81. The predicted molar refractivity (Wildman–Crippen MR) is 72.8 cm³/mol. The summed E-state index contributed by atoms with van der Waals surface area (Å²) in [6, 6.07) is 4.12. The molecule has 5 nitrogen and oxygen atoms in total. The largest absolute Gasteiger partial charge is 0.375 e. The minimum absolute atomic E-state index is 0.586. The molecule has 0 atom stereocenters. The second-order valence-corrected chi connectivity index (χ2v) is 5.73. The van der Waals surface area contributed by atoms with E-state index in [0.717, 1.165) is 23.8 Å². The Morgan fingerprint density at radius 1 is 1.22 bits per heavy atom. The molecule has 0 fully saturated rings. The van der Waals surface area contributed by atoms with Crippen LogP contribution in [0.25, 0.3) is 0 Å². The van der Waals surface area contributed by atoms with Gasteiger partial charge in [0.05, 0.1) is 12.1 Å². The van der Waals surface area contributed by atoms with Crippen LogP contribution in [0, 0.1) is 0 Å². The fourth-order valence-electron chi connectivity index (χ4n) is 1.64. The van der Waals surface area contributed by atoms with Crippen LogP contribution in [0.4, 0.5) is 5.13 Å². The van der Waals surface area contributed by atoms with Gasteiger partial charge in [-0.2, -0.15) is 5.10 Å². The lowest BCUT2D eigenvalue weighted by Gasteiger charge is -1.90. The van der Waals surface area contributed by atoms with Crippen molar-refractivity contribution in [3.63, 3.8) is 0 Å². The quantitative estimate of drug-likeness (QED) is 0.765. The summed E-state index contributed by atoms with van der Waals surface area (Å²) in [7, 11) is 0. The van der Waals surface area contributed by atoms with Crippen molar-refractivity contribution in [1.82, 2.24) is 20.2 Å². The molecule has 0 amide bonds. The van der Waals surface area contributed by atoms with Gasteiger partial charge in [0.15, 0.2) is 11.0 Å². The summed E-state index contributed by atoms with van der Waals surface area (Å²) in [4.78, 5) is 9.92. The molecule has 3 N–H and O–H groups in total. The number of aromatic amines is 1. The number of rotatable bonds is 4. The number of hydrogen-bond donors (Lipinski definition) is 2. The van der Waals surface area contributed by atoms with Crippen molar-refractivity contribution in [2.24, 2.45) is 0 Å². The Kier molecular flexibility index (Phi) is 3.07. The number of hydrogen-bond acceptors (Lipinski definition) is 6. The van der Waals surface area contributed by atoms with E-state index in [-0.39, 0.29) is 0 Å². The maximum atomic E-state index is 5.59. The summed E-state index contributed by atoms with van der Waals surface area (Å²) < 4.78 is 0. The van der Waals surface area contributed by atoms with E-state index in [0.29, 0.717) is 11.6 Å². The molecule has 0 saturated heterocycles. The highest BCUT2D eigenvalue weighted by atomic mass is 32.1. The van der Waals surface area contributed by atoms with Gasteiger partial charge in [0.1, 0.15) is 5.82 Å². The van der Waals surface area contributed by atoms with Crippen molar-refractivity contribution < 1.29 is 0 Å². The molecule has 0 aliphatic carbocycles. The third-order valence-electron chi connectivity index (χ3n) is 2.41. The van der Waals surface area contributed by atoms with E-state index < -0.39 is 0 Å². The van der Waals surface area contributed by atoms with Crippen molar-refractivity contribution in [3.8, 4) is 0 Å². The molecule has 0 bridgehead atoms. The van der Waals surface area contributed by atoms with E-state index in [1.807, 2.05) is 11.4 Å². The first kappa shape index (κ1) is 11.4. The zero-order valence-electron chi connectivity index (χ0n) is 9.46. The van der Waals surface area contributed by atoms with Crippen molar-refractivity contribution in [2.45, 2.75) is 12.8 Å². The summed E-state index contributed by atoms with van der Waals surface area (Å²) >= 11 is 3.15. The number of nitrogens with two attached hydrogens (primary N) is 1. The summed E-state index contributed by atoms with van der Waals surface area (Å²) in [6.45, 7) is 0. The number of thiazole rings is 1. The lowest BCUT2D eigenvalue weighted by atomic mass is 10.3.